The van der Waals surface area contributed by atoms with E-state index < -0.39 is 17.8 Å². The summed E-state index contributed by atoms with van der Waals surface area (Å²) in [4.78, 5) is 39.4. The number of anilines is 1. The number of rotatable bonds is 8. The summed E-state index contributed by atoms with van der Waals surface area (Å²) < 4.78 is 17.8. The summed E-state index contributed by atoms with van der Waals surface area (Å²) >= 11 is 8.01. The minimum Gasteiger partial charge on any atom is -0.493 e. The van der Waals surface area contributed by atoms with E-state index in [9.17, 15) is 14.4 Å². The quantitative estimate of drug-likeness (QED) is 0.184. The number of methoxy groups -OCH3 is 1. The Balaban J connectivity index is 1.56. The summed E-state index contributed by atoms with van der Waals surface area (Å²) in [5.74, 6) is 0.0505. The summed E-state index contributed by atoms with van der Waals surface area (Å²) in [5, 5.41) is 2.87. The average molecular weight is 647 g/mol. The molecule has 0 aliphatic carbocycles. The van der Waals surface area contributed by atoms with Crippen LogP contribution >= 0.6 is 34.2 Å². The number of barbiturate groups is 1. The first-order valence-electron chi connectivity index (χ1n) is 11.6. The van der Waals surface area contributed by atoms with Gasteiger partial charge in [-0.05, 0) is 102 Å². The van der Waals surface area contributed by atoms with E-state index in [0.717, 1.165) is 14.0 Å². The van der Waals surface area contributed by atoms with Crippen molar-refractivity contribution >= 4 is 63.8 Å². The number of amides is 4. The number of hydrogen-bond donors (Lipinski definition) is 1. The van der Waals surface area contributed by atoms with Gasteiger partial charge in [0.2, 0.25) is 0 Å². The molecule has 38 heavy (non-hydrogen) atoms. The SMILES string of the molecule is COc1cc(/C=C2\C(=O)NC(=O)N(c3ccc(OCc4ccc(Cl)cc4)cc3)C2=O)cc(I)c1OC(C)C. The fourth-order valence-corrected chi connectivity index (χ4v) is 4.55. The summed E-state index contributed by atoms with van der Waals surface area (Å²) in [6, 6.07) is 16.3. The van der Waals surface area contributed by atoms with Crippen LogP contribution in [-0.4, -0.2) is 31.1 Å². The maximum atomic E-state index is 13.3. The lowest BCUT2D eigenvalue weighted by Gasteiger charge is -2.26. The average Bonchev–Trinajstić information content (AvgIpc) is 2.88. The molecule has 0 unspecified atom stereocenters. The van der Waals surface area contributed by atoms with Gasteiger partial charge in [0.1, 0.15) is 17.9 Å². The molecule has 0 atom stereocenters. The first-order chi connectivity index (χ1) is 18.2. The standard InChI is InChI=1S/C28H24ClIN2O6/c1-16(2)38-25-23(30)13-18(14-24(25)36-3)12-22-26(33)31-28(35)32(27(22)34)20-8-10-21(11-9-20)37-15-17-4-6-19(29)7-5-17/h4-14,16H,15H2,1-3H3,(H,31,33,35)/b22-12+. The first-order valence-corrected chi connectivity index (χ1v) is 13.0. The third-order valence-electron chi connectivity index (χ3n) is 5.43. The Bertz CT molecular complexity index is 1400. The molecule has 8 nitrogen and oxygen atoms in total. The van der Waals surface area contributed by atoms with Crippen molar-refractivity contribution in [3.63, 3.8) is 0 Å². The van der Waals surface area contributed by atoms with Crippen molar-refractivity contribution in [2.24, 2.45) is 0 Å². The Labute approximate surface area is 238 Å². The predicted octanol–water partition coefficient (Wildman–Crippen LogP) is 5.99. The number of urea groups is 1. The Morgan fingerprint density at radius 3 is 2.34 bits per heavy atom. The van der Waals surface area contributed by atoms with Gasteiger partial charge in [-0.1, -0.05) is 23.7 Å². The molecular formula is C28H24ClIN2O6. The molecule has 10 heteroatoms. The van der Waals surface area contributed by atoms with E-state index in [2.05, 4.69) is 27.9 Å². The van der Waals surface area contributed by atoms with E-state index in [1.54, 1.807) is 48.5 Å². The summed E-state index contributed by atoms with van der Waals surface area (Å²) in [6.07, 6.45) is 1.35. The van der Waals surface area contributed by atoms with Crippen molar-refractivity contribution < 1.29 is 28.6 Å². The van der Waals surface area contributed by atoms with E-state index in [0.29, 0.717) is 34.4 Å². The molecule has 1 fully saturated rings. The fraction of sp³-hybridized carbons (Fsp3) is 0.179. The lowest BCUT2D eigenvalue weighted by Crippen LogP contribution is -2.54. The lowest BCUT2D eigenvalue weighted by atomic mass is 10.1. The Kier molecular flexibility index (Phi) is 8.58. The minimum absolute atomic E-state index is 0.0684. The van der Waals surface area contributed by atoms with Gasteiger partial charge < -0.3 is 14.2 Å². The molecule has 1 aliphatic heterocycles. The van der Waals surface area contributed by atoms with Crippen LogP contribution in [0, 0.1) is 3.57 Å². The van der Waals surface area contributed by atoms with Crippen LogP contribution in [0.5, 0.6) is 17.2 Å². The number of benzene rings is 3. The number of nitrogens with one attached hydrogen (secondary N) is 1. The lowest BCUT2D eigenvalue weighted by molar-refractivity contribution is -0.122. The Hall–Kier alpha value is -3.57. The summed E-state index contributed by atoms with van der Waals surface area (Å²) in [6.45, 7) is 4.13. The van der Waals surface area contributed by atoms with Gasteiger partial charge in [-0.15, -0.1) is 0 Å². The molecule has 3 aromatic carbocycles. The number of nitrogens with zero attached hydrogens (tertiary/aromatic N) is 1. The zero-order chi connectivity index (χ0) is 27.4. The summed E-state index contributed by atoms with van der Waals surface area (Å²) in [7, 11) is 1.51. The van der Waals surface area contributed by atoms with Crippen LogP contribution in [0.2, 0.25) is 5.02 Å². The molecule has 1 saturated heterocycles. The number of hydrogen-bond acceptors (Lipinski definition) is 6. The Morgan fingerprint density at radius 2 is 1.71 bits per heavy atom. The van der Waals surface area contributed by atoms with Crippen LogP contribution in [-0.2, 0) is 16.2 Å². The molecule has 3 aromatic rings. The second kappa shape index (κ2) is 11.9. The van der Waals surface area contributed by atoms with Crippen LogP contribution in [0.25, 0.3) is 6.08 Å². The minimum atomic E-state index is -0.833. The monoisotopic (exact) mass is 646 g/mol. The molecule has 4 amide bonds. The van der Waals surface area contributed by atoms with Crippen LogP contribution in [0.4, 0.5) is 10.5 Å². The van der Waals surface area contributed by atoms with Crippen LogP contribution in [0.3, 0.4) is 0 Å². The topological polar surface area (TPSA) is 94.2 Å². The highest BCUT2D eigenvalue weighted by Gasteiger charge is 2.37. The van der Waals surface area contributed by atoms with Gasteiger partial charge in [0.15, 0.2) is 11.5 Å². The van der Waals surface area contributed by atoms with Crippen molar-refractivity contribution in [3.05, 3.63) is 86.0 Å². The van der Waals surface area contributed by atoms with Crippen molar-refractivity contribution in [3.8, 4) is 17.2 Å². The molecule has 0 spiro atoms. The Morgan fingerprint density at radius 1 is 1.03 bits per heavy atom. The van der Waals surface area contributed by atoms with Gasteiger partial charge in [0.25, 0.3) is 11.8 Å². The largest absolute Gasteiger partial charge is 0.493 e. The predicted molar refractivity (Wildman–Crippen MR) is 153 cm³/mol. The molecule has 4 rings (SSSR count). The maximum absolute atomic E-state index is 13.3. The number of carbonyl (C=O) groups excluding carboxylic acids is 3. The van der Waals surface area contributed by atoms with Crippen molar-refractivity contribution in [2.75, 3.05) is 12.0 Å². The highest BCUT2D eigenvalue weighted by molar-refractivity contribution is 14.1. The number of ether oxygens (including phenoxy) is 3. The number of halogens is 2. The van der Waals surface area contributed by atoms with Crippen LogP contribution in [0.1, 0.15) is 25.0 Å². The smallest absolute Gasteiger partial charge is 0.335 e. The van der Waals surface area contributed by atoms with Crippen molar-refractivity contribution in [1.29, 1.82) is 0 Å². The molecular weight excluding hydrogens is 623 g/mol. The number of imide groups is 2. The fourth-order valence-electron chi connectivity index (χ4n) is 3.67. The highest BCUT2D eigenvalue weighted by Crippen LogP contribution is 2.35. The van der Waals surface area contributed by atoms with Gasteiger partial charge in [0.05, 0.1) is 22.5 Å². The second-order valence-corrected chi connectivity index (χ2v) is 10.2. The third kappa shape index (κ3) is 6.28. The zero-order valence-electron chi connectivity index (χ0n) is 20.8. The molecule has 0 saturated carbocycles. The van der Waals surface area contributed by atoms with Crippen LogP contribution in [0.15, 0.2) is 66.2 Å². The number of carbonyl (C=O) groups is 3. The van der Waals surface area contributed by atoms with Gasteiger partial charge in [0, 0.05) is 5.02 Å². The molecule has 0 radical (unpaired) electrons. The molecule has 1 aliphatic rings. The van der Waals surface area contributed by atoms with E-state index >= 15 is 0 Å². The van der Waals surface area contributed by atoms with Gasteiger partial charge in [-0.3, -0.25) is 14.9 Å². The zero-order valence-corrected chi connectivity index (χ0v) is 23.7. The molecule has 0 aromatic heterocycles. The highest BCUT2D eigenvalue weighted by atomic mass is 127. The van der Waals surface area contributed by atoms with E-state index in [4.69, 9.17) is 25.8 Å². The van der Waals surface area contributed by atoms with Gasteiger partial charge in [-0.2, -0.15) is 0 Å². The van der Waals surface area contributed by atoms with Crippen molar-refractivity contribution in [1.82, 2.24) is 5.32 Å². The molecule has 1 heterocycles. The van der Waals surface area contributed by atoms with Crippen molar-refractivity contribution in [2.45, 2.75) is 26.6 Å². The summed E-state index contributed by atoms with van der Waals surface area (Å²) in [5.41, 5.74) is 1.58. The van der Waals surface area contributed by atoms with E-state index in [1.807, 2.05) is 26.0 Å². The molecule has 196 valence electrons. The van der Waals surface area contributed by atoms with E-state index in [-0.39, 0.29) is 17.4 Å². The van der Waals surface area contributed by atoms with Gasteiger partial charge >= 0.3 is 6.03 Å². The molecule has 0 bridgehead atoms. The van der Waals surface area contributed by atoms with Gasteiger partial charge in [-0.25, -0.2) is 9.69 Å². The maximum Gasteiger partial charge on any atom is 0.335 e. The van der Waals surface area contributed by atoms with Crippen LogP contribution < -0.4 is 24.4 Å². The third-order valence-corrected chi connectivity index (χ3v) is 6.48. The van der Waals surface area contributed by atoms with E-state index in [1.165, 1.54) is 13.2 Å². The first kappa shape index (κ1) is 27.5. The molecule has 1 N–H and O–H groups in total. The second-order valence-electron chi connectivity index (χ2n) is 8.57. The normalized spacial score (nSPS) is 14.6.